The van der Waals surface area contributed by atoms with E-state index in [0.717, 1.165) is 0 Å². The smallest absolute Gasteiger partial charge is 0.287 e. The van der Waals surface area contributed by atoms with Crippen molar-refractivity contribution in [2.75, 3.05) is 0 Å². The molecule has 5 heteroatoms. The van der Waals surface area contributed by atoms with E-state index in [-0.39, 0.29) is 18.0 Å². The molecule has 0 spiro atoms. The lowest BCUT2D eigenvalue weighted by molar-refractivity contribution is -0.137. The topological polar surface area (TPSA) is 46.2 Å². The minimum Gasteiger partial charge on any atom is -0.345 e. The highest BCUT2D eigenvalue weighted by atomic mass is 35.5. The molecule has 86 valence electrons. The maximum absolute atomic E-state index is 12.8. The predicted octanol–water partition coefficient (Wildman–Crippen LogP) is 2.07. The van der Waals surface area contributed by atoms with Crippen LogP contribution in [0.4, 0.5) is 4.39 Å². The molecule has 0 radical (unpaired) electrons. The monoisotopic (exact) mass is 243 g/mol. The van der Waals surface area contributed by atoms with Crippen LogP contribution in [0, 0.1) is 5.82 Å². The fourth-order valence-electron chi connectivity index (χ4n) is 1.09. The third-order valence-corrected chi connectivity index (χ3v) is 2.30. The SMILES string of the molecule is CCC(=O)C(=O)NCc1ccc(F)c(Cl)c1. The van der Waals surface area contributed by atoms with Crippen molar-refractivity contribution >= 4 is 23.3 Å². The molecule has 0 aliphatic carbocycles. The minimum atomic E-state index is -0.636. The molecule has 16 heavy (non-hydrogen) atoms. The first-order valence-corrected chi connectivity index (χ1v) is 5.17. The number of hydrogen-bond donors (Lipinski definition) is 1. The van der Waals surface area contributed by atoms with Gasteiger partial charge < -0.3 is 5.32 Å². The molecule has 0 bridgehead atoms. The van der Waals surface area contributed by atoms with Gasteiger partial charge in [0.25, 0.3) is 5.91 Å². The number of ketones is 1. The third kappa shape index (κ3) is 3.31. The lowest BCUT2D eigenvalue weighted by Crippen LogP contribution is -2.29. The highest BCUT2D eigenvalue weighted by Gasteiger charge is 2.10. The number of hydrogen-bond acceptors (Lipinski definition) is 2. The molecule has 0 aromatic heterocycles. The summed E-state index contributed by atoms with van der Waals surface area (Å²) in [6.07, 6.45) is 0.163. The molecule has 0 fully saturated rings. The normalized spacial score (nSPS) is 9.94. The van der Waals surface area contributed by atoms with Gasteiger partial charge in [0.1, 0.15) is 5.82 Å². The second-order valence-electron chi connectivity index (χ2n) is 3.21. The lowest BCUT2D eigenvalue weighted by atomic mass is 10.2. The van der Waals surface area contributed by atoms with Crippen molar-refractivity contribution in [3.8, 4) is 0 Å². The predicted molar refractivity (Wildman–Crippen MR) is 58.6 cm³/mol. The van der Waals surface area contributed by atoms with Crippen LogP contribution in [0.3, 0.4) is 0 Å². The van der Waals surface area contributed by atoms with Crippen molar-refractivity contribution in [1.82, 2.24) is 5.32 Å². The van der Waals surface area contributed by atoms with E-state index < -0.39 is 17.5 Å². The van der Waals surface area contributed by atoms with Gasteiger partial charge in [0.15, 0.2) is 0 Å². The zero-order chi connectivity index (χ0) is 12.1. The van der Waals surface area contributed by atoms with E-state index in [1.165, 1.54) is 18.2 Å². The van der Waals surface area contributed by atoms with Crippen molar-refractivity contribution in [1.29, 1.82) is 0 Å². The number of amides is 1. The maximum atomic E-state index is 12.8. The molecule has 1 aromatic rings. The molecule has 0 aliphatic heterocycles. The van der Waals surface area contributed by atoms with Gasteiger partial charge in [-0.25, -0.2) is 4.39 Å². The fraction of sp³-hybridized carbons (Fsp3) is 0.273. The Morgan fingerprint density at radius 3 is 2.69 bits per heavy atom. The van der Waals surface area contributed by atoms with E-state index >= 15 is 0 Å². The Hall–Kier alpha value is -1.42. The highest BCUT2D eigenvalue weighted by Crippen LogP contribution is 2.15. The molecule has 0 saturated heterocycles. The first-order chi connectivity index (χ1) is 7.54. The van der Waals surface area contributed by atoms with Crippen molar-refractivity contribution < 1.29 is 14.0 Å². The molecule has 1 rings (SSSR count). The third-order valence-electron chi connectivity index (χ3n) is 2.01. The van der Waals surface area contributed by atoms with Crippen LogP contribution in [0.5, 0.6) is 0 Å². The second-order valence-corrected chi connectivity index (χ2v) is 3.62. The van der Waals surface area contributed by atoms with Gasteiger partial charge in [-0.3, -0.25) is 9.59 Å². The molecule has 1 amide bonds. The molecule has 0 heterocycles. The first kappa shape index (κ1) is 12.6. The highest BCUT2D eigenvalue weighted by molar-refractivity contribution is 6.36. The second kappa shape index (κ2) is 5.61. The molecular formula is C11H11ClFNO2. The summed E-state index contributed by atoms with van der Waals surface area (Å²) in [4.78, 5) is 22.1. The van der Waals surface area contributed by atoms with E-state index in [2.05, 4.69) is 5.32 Å². The van der Waals surface area contributed by atoms with Crippen LogP contribution < -0.4 is 5.32 Å². The fourth-order valence-corrected chi connectivity index (χ4v) is 1.29. The Balaban J connectivity index is 2.58. The van der Waals surface area contributed by atoms with Gasteiger partial charge in [0, 0.05) is 13.0 Å². The molecule has 3 nitrogen and oxygen atoms in total. The van der Waals surface area contributed by atoms with Gasteiger partial charge in [0.2, 0.25) is 5.78 Å². The summed E-state index contributed by atoms with van der Waals surface area (Å²) in [7, 11) is 0. The van der Waals surface area contributed by atoms with Crippen LogP contribution >= 0.6 is 11.6 Å². The van der Waals surface area contributed by atoms with Gasteiger partial charge >= 0.3 is 0 Å². The average Bonchev–Trinajstić information content (AvgIpc) is 2.29. The van der Waals surface area contributed by atoms with Crippen LogP contribution in [-0.4, -0.2) is 11.7 Å². The number of Topliss-reactive ketones (excluding diaryl/α,β-unsaturated/α-hetero) is 1. The van der Waals surface area contributed by atoms with Gasteiger partial charge in [-0.15, -0.1) is 0 Å². The quantitative estimate of drug-likeness (QED) is 0.823. The number of carbonyl (C=O) groups is 2. The van der Waals surface area contributed by atoms with E-state index in [4.69, 9.17) is 11.6 Å². The summed E-state index contributed by atoms with van der Waals surface area (Å²) in [5.74, 6) is -1.63. The summed E-state index contributed by atoms with van der Waals surface area (Å²) in [5.41, 5.74) is 0.642. The zero-order valence-electron chi connectivity index (χ0n) is 8.72. The molecule has 1 N–H and O–H groups in total. The van der Waals surface area contributed by atoms with E-state index in [0.29, 0.717) is 5.56 Å². The lowest BCUT2D eigenvalue weighted by Gasteiger charge is -2.04. The summed E-state index contributed by atoms with van der Waals surface area (Å²) in [5, 5.41) is 2.42. The Kier molecular flexibility index (Phi) is 4.43. The Bertz CT molecular complexity index is 420. The van der Waals surface area contributed by atoms with Crippen LogP contribution in [0.1, 0.15) is 18.9 Å². The van der Waals surface area contributed by atoms with Crippen LogP contribution in [0.25, 0.3) is 0 Å². The summed E-state index contributed by atoms with van der Waals surface area (Å²) < 4.78 is 12.8. The molecule has 0 atom stereocenters. The number of benzene rings is 1. The Morgan fingerprint density at radius 1 is 1.44 bits per heavy atom. The van der Waals surface area contributed by atoms with Crippen molar-refractivity contribution in [3.05, 3.63) is 34.6 Å². The van der Waals surface area contributed by atoms with E-state index in [1.54, 1.807) is 6.92 Å². The molecule has 0 aliphatic rings. The van der Waals surface area contributed by atoms with Crippen molar-refractivity contribution in [3.63, 3.8) is 0 Å². The van der Waals surface area contributed by atoms with Gasteiger partial charge in [-0.1, -0.05) is 24.6 Å². The zero-order valence-corrected chi connectivity index (χ0v) is 9.47. The Morgan fingerprint density at radius 2 is 2.12 bits per heavy atom. The molecule has 0 saturated carbocycles. The van der Waals surface area contributed by atoms with Gasteiger partial charge in [-0.05, 0) is 17.7 Å². The van der Waals surface area contributed by atoms with Gasteiger partial charge in [0.05, 0.1) is 5.02 Å². The maximum Gasteiger partial charge on any atom is 0.287 e. The van der Waals surface area contributed by atoms with Crippen LogP contribution in [-0.2, 0) is 16.1 Å². The van der Waals surface area contributed by atoms with E-state index in [1.807, 2.05) is 0 Å². The standard InChI is InChI=1S/C11H11ClFNO2/c1-2-10(15)11(16)14-6-7-3-4-9(13)8(12)5-7/h3-5H,2,6H2,1H3,(H,14,16). The number of nitrogens with one attached hydrogen (secondary N) is 1. The van der Waals surface area contributed by atoms with Crippen LogP contribution in [0.2, 0.25) is 5.02 Å². The number of halogens is 2. The largest absolute Gasteiger partial charge is 0.345 e. The van der Waals surface area contributed by atoms with E-state index in [9.17, 15) is 14.0 Å². The summed E-state index contributed by atoms with van der Waals surface area (Å²) >= 11 is 5.56. The number of rotatable bonds is 4. The molecule has 0 unspecified atom stereocenters. The average molecular weight is 244 g/mol. The summed E-state index contributed by atoms with van der Waals surface area (Å²) in [6, 6.07) is 4.12. The summed E-state index contributed by atoms with van der Waals surface area (Å²) in [6.45, 7) is 1.77. The Labute approximate surface area is 97.6 Å². The molecule has 1 aromatic carbocycles. The van der Waals surface area contributed by atoms with Crippen molar-refractivity contribution in [2.45, 2.75) is 19.9 Å². The number of carbonyl (C=O) groups excluding carboxylic acids is 2. The van der Waals surface area contributed by atoms with Crippen molar-refractivity contribution in [2.24, 2.45) is 0 Å². The molecular weight excluding hydrogens is 233 g/mol. The minimum absolute atomic E-state index is 0.00596. The first-order valence-electron chi connectivity index (χ1n) is 4.79. The van der Waals surface area contributed by atoms with Gasteiger partial charge in [-0.2, -0.15) is 0 Å². The van der Waals surface area contributed by atoms with Crippen LogP contribution in [0.15, 0.2) is 18.2 Å².